The fourth-order valence-corrected chi connectivity index (χ4v) is 4.45. The van der Waals surface area contributed by atoms with Crippen molar-refractivity contribution < 1.29 is 14.7 Å². The fourth-order valence-electron chi connectivity index (χ4n) is 4.32. The Balaban J connectivity index is 1.73. The SMILES string of the molecule is CNC(=S)c1cccc(NC(=O)c2c(C)nc(-c3ccc(OC)c(-c4c(C)cccc4C)c3)n2O)c1. The van der Waals surface area contributed by atoms with Crippen molar-refractivity contribution in [3.63, 3.8) is 0 Å². The number of hydrogen-bond acceptors (Lipinski definition) is 5. The molecule has 0 saturated carbocycles. The van der Waals surface area contributed by atoms with Crippen LogP contribution in [-0.2, 0) is 0 Å². The van der Waals surface area contributed by atoms with E-state index in [-0.39, 0.29) is 11.5 Å². The summed E-state index contributed by atoms with van der Waals surface area (Å²) in [6.45, 7) is 5.78. The van der Waals surface area contributed by atoms with Crippen molar-refractivity contribution in [2.45, 2.75) is 20.8 Å². The van der Waals surface area contributed by atoms with Crippen LogP contribution < -0.4 is 15.4 Å². The van der Waals surface area contributed by atoms with Crippen LogP contribution in [0.2, 0.25) is 0 Å². The van der Waals surface area contributed by atoms with Crippen LogP contribution in [0.15, 0.2) is 60.7 Å². The number of nitrogens with zero attached hydrogens (tertiary/aromatic N) is 2. The van der Waals surface area contributed by atoms with Crippen molar-refractivity contribution in [3.05, 3.63) is 88.7 Å². The number of imidazole rings is 1. The van der Waals surface area contributed by atoms with Crippen LogP contribution in [0.5, 0.6) is 5.75 Å². The minimum absolute atomic E-state index is 0.0519. The van der Waals surface area contributed by atoms with Gasteiger partial charge in [-0.1, -0.05) is 42.5 Å². The first-order valence-electron chi connectivity index (χ1n) is 11.4. The second kappa shape index (κ2) is 10.2. The summed E-state index contributed by atoms with van der Waals surface area (Å²) in [6, 6.07) is 18.9. The molecule has 0 aliphatic heterocycles. The molecule has 8 heteroatoms. The van der Waals surface area contributed by atoms with E-state index in [1.807, 2.05) is 56.3 Å². The summed E-state index contributed by atoms with van der Waals surface area (Å²) in [6.07, 6.45) is 0. The van der Waals surface area contributed by atoms with E-state index in [1.165, 1.54) is 0 Å². The Hall–Kier alpha value is -4.17. The lowest BCUT2D eigenvalue weighted by Gasteiger charge is -2.15. The largest absolute Gasteiger partial charge is 0.496 e. The highest BCUT2D eigenvalue weighted by Crippen LogP contribution is 2.37. The van der Waals surface area contributed by atoms with E-state index in [1.54, 1.807) is 39.3 Å². The molecule has 4 aromatic rings. The molecule has 3 aromatic carbocycles. The molecular formula is C28H28N4O3S. The van der Waals surface area contributed by atoms with Gasteiger partial charge in [0.05, 0.1) is 12.8 Å². The van der Waals surface area contributed by atoms with E-state index in [0.717, 1.165) is 32.5 Å². The molecule has 0 saturated heterocycles. The molecule has 1 amide bonds. The van der Waals surface area contributed by atoms with E-state index >= 15 is 0 Å². The average Bonchev–Trinajstić information content (AvgIpc) is 3.17. The van der Waals surface area contributed by atoms with Crippen LogP contribution >= 0.6 is 12.2 Å². The Labute approximate surface area is 215 Å². The molecule has 3 N–H and O–H groups in total. The maximum absolute atomic E-state index is 13.1. The Morgan fingerprint density at radius 1 is 1.03 bits per heavy atom. The minimum Gasteiger partial charge on any atom is -0.496 e. The van der Waals surface area contributed by atoms with Crippen molar-refractivity contribution in [2.24, 2.45) is 0 Å². The number of nitrogens with one attached hydrogen (secondary N) is 2. The Morgan fingerprint density at radius 3 is 2.39 bits per heavy atom. The molecule has 184 valence electrons. The van der Waals surface area contributed by atoms with Crippen molar-refractivity contribution in [1.82, 2.24) is 15.0 Å². The molecule has 0 fully saturated rings. The van der Waals surface area contributed by atoms with Gasteiger partial charge in [0.2, 0.25) is 0 Å². The number of ether oxygens (including phenoxy) is 1. The van der Waals surface area contributed by atoms with Gasteiger partial charge in [-0.25, -0.2) is 4.98 Å². The summed E-state index contributed by atoms with van der Waals surface area (Å²) < 4.78 is 6.47. The van der Waals surface area contributed by atoms with E-state index in [4.69, 9.17) is 17.0 Å². The number of methoxy groups -OCH3 is 1. The standard InChI is InChI=1S/C28H28N4O3S/c1-16-8-6-9-17(2)24(16)22-15-19(12-13-23(22)35-5)26-30-18(3)25(32(26)34)27(33)31-21-11-7-10-20(14-21)28(36)29-4/h6-15,34H,1-5H3,(H,29,36)(H,31,33). The summed E-state index contributed by atoms with van der Waals surface area (Å²) in [5.41, 5.74) is 6.59. The van der Waals surface area contributed by atoms with E-state index in [9.17, 15) is 10.0 Å². The van der Waals surface area contributed by atoms with E-state index < -0.39 is 5.91 Å². The maximum atomic E-state index is 13.1. The summed E-state index contributed by atoms with van der Waals surface area (Å²) >= 11 is 5.28. The quantitative estimate of drug-likeness (QED) is 0.238. The van der Waals surface area contributed by atoms with Gasteiger partial charge in [-0.05, 0) is 67.8 Å². The zero-order valence-corrected chi connectivity index (χ0v) is 21.7. The van der Waals surface area contributed by atoms with Crippen LogP contribution in [-0.4, -0.2) is 40.0 Å². The van der Waals surface area contributed by atoms with E-state index in [0.29, 0.717) is 27.7 Å². The molecule has 0 spiro atoms. The second-order valence-corrected chi connectivity index (χ2v) is 8.89. The number of carbonyl (C=O) groups excluding carboxylic acids is 1. The molecule has 1 heterocycles. The van der Waals surface area contributed by atoms with Gasteiger partial charge in [-0.3, -0.25) is 4.79 Å². The van der Waals surface area contributed by atoms with Gasteiger partial charge in [0, 0.05) is 29.4 Å². The lowest BCUT2D eigenvalue weighted by Crippen LogP contribution is -2.19. The summed E-state index contributed by atoms with van der Waals surface area (Å²) in [4.78, 5) is 18.2. The third kappa shape index (κ3) is 4.67. The first-order valence-corrected chi connectivity index (χ1v) is 11.8. The van der Waals surface area contributed by atoms with Gasteiger partial charge in [-0.15, -0.1) is 0 Å². The van der Waals surface area contributed by atoms with Crippen LogP contribution in [0.25, 0.3) is 22.5 Å². The first kappa shape index (κ1) is 24.9. The summed E-state index contributed by atoms with van der Waals surface area (Å²) in [7, 11) is 3.37. The predicted molar refractivity (Wildman–Crippen MR) is 146 cm³/mol. The number of carbonyl (C=O) groups is 1. The summed E-state index contributed by atoms with van der Waals surface area (Å²) in [5.74, 6) is 0.490. The number of aryl methyl sites for hydroxylation is 3. The number of hydrogen-bond donors (Lipinski definition) is 3. The number of rotatable bonds is 6. The van der Waals surface area contributed by atoms with Crippen LogP contribution in [0, 0.1) is 20.8 Å². The highest BCUT2D eigenvalue weighted by Gasteiger charge is 2.23. The summed E-state index contributed by atoms with van der Waals surface area (Å²) in [5, 5.41) is 16.8. The van der Waals surface area contributed by atoms with Gasteiger partial charge < -0.3 is 20.6 Å². The maximum Gasteiger partial charge on any atom is 0.277 e. The van der Waals surface area contributed by atoms with Crippen LogP contribution in [0.3, 0.4) is 0 Å². The predicted octanol–water partition coefficient (Wildman–Crippen LogP) is 5.54. The van der Waals surface area contributed by atoms with Crippen molar-refractivity contribution in [1.29, 1.82) is 0 Å². The molecule has 0 radical (unpaired) electrons. The molecule has 0 atom stereocenters. The highest BCUT2D eigenvalue weighted by molar-refractivity contribution is 7.80. The number of aromatic nitrogens is 2. The fraction of sp³-hybridized carbons (Fsp3) is 0.179. The zero-order chi connectivity index (χ0) is 26.0. The first-order chi connectivity index (χ1) is 17.2. The van der Waals surface area contributed by atoms with Crippen LogP contribution in [0.1, 0.15) is 32.9 Å². The number of amides is 1. The monoisotopic (exact) mass is 500 g/mol. The van der Waals surface area contributed by atoms with E-state index in [2.05, 4.69) is 15.6 Å². The Kier molecular flexibility index (Phi) is 7.07. The zero-order valence-electron chi connectivity index (χ0n) is 20.8. The number of benzene rings is 3. The van der Waals surface area contributed by atoms with Gasteiger partial charge in [-0.2, -0.15) is 4.73 Å². The van der Waals surface area contributed by atoms with Crippen molar-refractivity contribution in [3.8, 4) is 28.3 Å². The third-order valence-electron chi connectivity index (χ3n) is 6.06. The molecule has 1 aromatic heterocycles. The lowest BCUT2D eigenvalue weighted by molar-refractivity contribution is 0.0974. The topological polar surface area (TPSA) is 88.4 Å². The Bertz CT molecular complexity index is 1460. The minimum atomic E-state index is -0.482. The second-order valence-electron chi connectivity index (χ2n) is 8.48. The lowest BCUT2D eigenvalue weighted by atomic mass is 9.93. The molecule has 0 aliphatic carbocycles. The smallest absolute Gasteiger partial charge is 0.277 e. The van der Waals surface area contributed by atoms with Gasteiger partial charge in [0.1, 0.15) is 10.7 Å². The van der Waals surface area contributed by atoms with Crippen molar-refractivity contribution >= 4 is 28.8 Å². The van der Waals surface area contributed by atoms with Gasteiger partial charge >= 0.3 is 0 Å². The average molecular weight is 501 g/mol. The molecule has 4 rings (SSSR count). The number of thiocarbonyl (C=S) groups is 1. The van der Waals surface area contributed by atoms with Gasteiger partial charge in [0.15, 0.2) is 11.5 Å². The third-order valence-corrected chi connectivity index (χ3v) is 6.50. The van der Waals surface area contributed by atoms with Crippen LogP contribution in [0.4, 0.5) is 5.69 Å². The molecule has 7 nitrogen and oxygen atoms in total. The molecule has 0 aliphatic rings. The highest BCUT2D eigenvalue weighted by atomic mass is 32.1. The number of anilines is 1. The Morgan fingerprint density at radius 2 is 1.72 bits per heavy atom. The molecular weight excluding hydrogens is 472 g/mol. The molecule has 36 heavy (non-hydrogen) atoms. The normalized spacial score (nSPS) is 10.7. The van der Waals surface area contributed by atoms with Gasteiger partial charge in [0.25, 0.3) is 5.91 Å². The van der Waals surface area contributed by atoms with Crippen molar-refractivity contribution in [2.75, 3.05) is 19.5 Å². The molecule has 0 bridgehead atoms. The molecule has 0 unspecified atom stereocenters.